The summed E-state index contributed by atoms with van der Waals surface area (Å²) in [4.78, 5) is 2.14. The van der Waals surface area contributed by atoms with Crippen LogP contribution in [0.15, 0.2) is 48.5 Å². The fraction of sp³-hybridized carbons (Fsp3) is 0.368. The second kappa shape index (κ2) is 5.90. The summed E-state index contributed by atoms with van der Waals surface area (Å²) in [5.41, 5.74) is 5.71. The van der Waals surface area contributed by atoms with E-state index in [4.69, 9.17) is 0 Å². The number of nitrogens with zero attached hydrogens (tertiary/aromatic N) is 1. The van der Waals surface area contributed by atoms with Crippen molar-refractivity contribution in [2.75, 3.05) is 26.0 Å². The van der Waals surface area contributed by atoms with Crippen LogP contribution in [0.25, 0.3) is 0 Å². The Labute approximate surface area is 127 Å². The summed E-state index contributed by atoms with van der Waals surface area (Å²) in [5, 5.41) is 3.48. The molecule has 0 heterocycles. The fourth-order valence-electron chi connectivity index (χ4n) is 3.28. The Hall–Kier alpha value is -1.80. The lowest BCUT2D eigenvalue weighted by Gasteiger charge is -2.33. The zero-order valence-electron chi connectivity index (χ0n) is 13.1. The van der Waals surface area contributed by atoms with Gasteiger partial charge in [0.2, 0.25) is 0 Å². The summed E-state index contributed by atoms with van der Waals surface area (Å²) in [6.45, 7) is 0. The van der Waals surface area contributed by atoms with E-state index in [1.54, 1.807) is 5.56 Å². The van der Waals surface area contributed by atoms with Gasteiger partial charge in [0.15, 0.2) is 0 Å². The van der Waals surface area contributed by atoms with Crippen molar-refractivity contribution < 1.29 is 0 Å². The van der Waals surface area contributed by atoms with Gasteiger partial charge in [-0.3, -0.25) is 0 Å². The summed E-state index contributed by atoms with van der Waals surface area (Å²) in [7, 11) is 6.22. The van der Waals surface area contributed by atoms with Gasteiger partial charge in [-0.05, 0) is 54.6 Å². The fourth-order valence-corrected chi connectivity index (χ4v) is 3.28. The summed E-state index contributed by atoms with van der Waals surface area (Å²) in [6, 6.07) is 18.2. The number of anilines is 1. The van der Waals surface area contributed by atoms with E-state index in [1.165, 1.54) is 29.7 Å². The molecule has 2 aromatic rings. The summed E-state index contributed by atoms with van der Waals surface area (Å²) in [5.74, 6) is 0.701. The van der Waals surface area contributed by atoms with E-state index in [0.717, 1.165) is 0 Å². The first-order valence-electron chi connectivity index (χ1n) is 7.71. The van der Waals surface area contributed by atoms with Gasteiger partial charge in [-0.1, -0.05) is 36.4 Å². The highest BCUT2D eigenvalue weighted by atomic mass is 15.1. The Bertz CT molecular complexity index is 601. The first kappa shape index (κ1) is 14.2. The molecule has 1 N–H and O–H groups in total. The smallest absolute Gasteiger partial charge is 0.0361 e. The van der Waals surface area contributed by atoms with Crippen LogP contribution in [0.4, 0.5) is 5.69 Å². The molecular weight excluding hydrogens is 256 g/mol. The van der Waals surface area contributed by atoms with E-state index in [-0.39, 0.29) is 0 Å². The quantitative estimate of drug-likeness (QED) is 0.897. The molecule has 0 spiro atoms. The standard InChI is InChI=1S/C19H24N2/c1-20-19(14-8-10-17(11-9-14)21(2)3)13-16-12-15-6-4-5-7-18(15)16/h4-11,16,19-20H,12-13H2,1-3H3. The van der Waals surface area contributed by atoms with E-state index in [9.17, 15) is 0 Å². The third kappa shape index (κ3) is 2.81. The Balaban J connectivity index is 1.71. The van der Waals surface area contributed by atoms with Gasteiger partial charge in [0, 0.05) is 25.8 Å². The van der Waals surface area contributed by atoms with Crippen molar-refractivity contribution in [2.45, 2.75) is 24.8 Å². The third-order valence-corrected chi connectivity index (χ3v) is 4.64. The van der Waals surface area contributed by atoms with Crippen LogP contribution >= 0.6 is 0 Å². The second-order valence-electron chi connectivity index (χ2n) is 6.16. The maximum Gasteiger partial charge on any atom is 0.0361 e. The number of rotatable bonds is 5. The zero-order valence-corrected chi connectivity index (χ0v) is 13.1. The molecular formula is C19H24N2. The summed E-state index contributed by atoms with van der Waals surface area (Å²) < 4.78 is 0. The molecule has 0 aromatic heterocycles. The molecule has 0 amide bonds. The molecule has 1 aliphatic rings. The maximum atomic E-state index is 3.48. The van der Waals surface area contributed by atoms with E-state index in [0.29, 0.717) is 12.0 Å². The molecule has 0 aliphatic heterocycles. The van der Waals surface area contributed by atoms with Crippen LogP contribution < -0.4 is 10.2 Å². The minimum absolute atomic E-state index is 0.430. The highest BCUT2D eigenvalue weighted by Gasteiger charge is 2.28. The Morgan fingerprint density at radius 3 is 2.43 bits per heavy atom. The molecule has 110 valence electrons. The predicted molar refractivity (Wildman–Crippen MR) is 90.1 cm³/mol. The molecule has 0 saturated heterocycles. The van der Waals surface area contributed by atoms with Gasteiger partial charge in [-0.15, -0.1) is 0 Å². The van der Waals surface area contributed by atoms with Crippen molar-refractivity contribution in [1.82, 2.24) is 5.32 Å². The van der Waals surface area contributed by atoms with Crippen LogP contribution in [0.2, 0.25) is 0 Å². The average Bonchev–Trinajstić information content (AvgIpc) is 2.49. The van der Waals surface area contributed by atoms with E-state index in [2.05, 4.69) is 79.9 Å². The highest BCUT2D eigenvalue weighted by molar-refractivity contribution is 5.47. The molecule has 0 fully saturated rings. The molecule has 0 bridgehead atoms. The molecule has 21 heavy (non-hydrogen) atoms. The van der Waals surface area contributed by atoms with Gasteiger partial charge in [-0.2, -0.15) is 0 Å². The lowest BCUT2D eigenvalue weighted by Crippen LogP contribution is -2.25. The lowest BCUT2D eigenvalue weighted by atomic mass is 9.74. The van der Waals surface area contributed by atoms with Crippen molar-refractivity contribution in [3.05, 3.63) is 65.2 Å². The lowest BCUT2D eigenvalue weighted by molar-refractivity contribution is 0.452. The minimum Gasteiger partial charge on any atom is -0.378 e. The Morgan fingerprint density at radius 1 is 1.10 bits per heavy atom. The third-order valence-electron chi connectivity index (χ3n) is 4.64. The SMILES string of the molecule is CNC(CC1Cc2ccccc21)c1ccc(N(C)C)cc1. The van der Waals surface area contributed by atoms with Gasteiger partial charge < -0.3 is 10.2 Å². The molecule has 2 atom stereocenters. The van der Waals surface area contributed by atoms with Crippen LogP contribution in [0.5, 0.6) is 0 Å². The zero-order chi connectivity index (χ0) is 14.8. The van der Waals surface area contributed by atoms with Crippen LogP contribution in [0, 0.1) is 0 Å². The van der Waals surface area contributed by atoms with E-state index < -0.39 is 0 Å². The van der Waals surface area contributed by atoms with Crippen molar-refractivity contribution in [2.24, 2.45) is 0 Å². The Morgan fingerprint density at radius 2 is 1.81 bits per heavy atom. The van der Waals surface area contributed by atoms with E-state index in [1.807, 2.05) is 0 Å². The molecule has 2 nitrogen and oxygen atoms in total. The van der Waals surface area contributed by atoms with E-state index >= 15 is 0 Å². The summed E-state index contributed by atoms with van der Waals surface area (Å²) in [6.07, 6.45) is 2.40. The van der Waals surface area contributed by atoms with Gasteiger partial charge in [-0.25, -0.2) is 0 Å². The Kier molecular flexibility index (Phi) is 3.98. The second-order valence-corrected chi connectivity index (χ2v) is 6.16. The van der Waals surface area contributed by atoms with Crippen molar-refractivity contribution in [3.8, 4) is 0 Å². The van der Waals surface area contributed by atoms with Crippen LogP contribution in [-0.2, 0) is 6.42 Å². The average molecular weight is 280 g/mol. The topological polar surface area (TPSA) is 15.3 Å². The first-order chi connectivity index (χ1) is 10.2. The van der Waals surface area contributed by atoms with Crippen molar-refractivity contribution >= 4 is 5.69 Å². The molecule has 0 radical (unpaired) electrons. The monoisotopic (exact) mass is 280 g/mol. The largest absolute Gasteiger partial charge is 0.378 e. The van der Waals surface area contributed by atoms with Crippen LogP contribution in [0.3, 0.4) is 0 Å². The predicted octanol–water partition coefficient (Wildman–Crippen LogP) is 3.74. The van der Waals surface area contributed by atoms with Gasteiger partial charge in [0.1, 0.15) is 0 Å². The van der Waals surface area contributed by atoms with Gasteiger partial charge in [0.05, 0.1) is 0 Å². The molecule has 2 unspecified atom stereocenters. The first-order valence-corrected chi connectivity index (χ1v) is 7.71. The molecule has 1 aliphatic carbocycles. The van der Waals surface area contributed by atoms with Gasteiger partial charge >= 0.3 is 0 Å². The maximum absolute atomic E-state index is 3.48. The minimum atomic E-state index is 0.430. The molecule has 3 rings (SSSR count). The molecule has 2 heteroatoms. The summed E-state index contributed by atoms with van der Waals surface area (Å²) >= 11 is 0. The highest BCUT2D eigenvalue weighted by Crippen LogP contribution is 2.40. The van der Waals surface area contributed by atoms with Crippen molar-refractivity contribution in [3.63, 3.8) is 0 Å². The molecule has 2 aromatic carbocycles. The number of benzene rings is 2. The van der Waals surface area contributed by atoms with Crippen LogP contribution in [-0.4, -0.2) is 21.1 Å². The van der Waals surface area contributed by atoms with Crippen LogP contribution in [0.1, 0.15) is 35.1 Å². The van der Waals surface area contributed by atoms with Crippen molar-refractivity contribution in [1.29, 1.82) is 0 Å². The number of fused-ring (bicyclic) bond motifs is 1. The number of hydrogen-bond acceptors (Lipinski definition) is 2. The van der Waals surface area contributed by atoms with Gasteiger partial charge in [0.25, 0.3) is 0 Å². The number of nitrogens with one attached hydrogen (secondary N) is 1. The molecule has 0 saturated carbocycles. The normalized spacial score (nSPS) is 17.8. The number of hydrogen-bond donors (Lipinski definition) is 1.